The molecular weight excluding hydrogens is 259 g/mol. The largest absolute Gasteiger partial charge is 0.349 e. The van der Waals surface area contributed by atoms with Crippen molar-refractivity contribution in [3.05, 3.63) is 10.3 Å². The molecular formula is C6H8BrClN4O. The van der Waals surface area contributed by atoms with E-state index in [1.54, 1.807) is 11.7 Å². The molecule has 1 amide bonds. The van der Waals surface area contributed by atoms with Gasteiger partial charge in [0.25, 0.3) is 0 Å². The fraction of sp³-hybridized carbons (Fsp3) is 0.500. The summed E-state index contributed by atoms with van der Waals surface area (Å²) in [5.41, 5.74) is 0.804. The van der Waals surface area contributed by atoms with Crippen LogP contribution in [0.25, 0.3) is 0 Å². The van der Waals surface area contributed by atoms with Gasteiger partial charge in [-0.1, -0.05) is 5.21 Å². The highest BCUT2D eigenvalue weighted by Gasteiger charge is 2.08. The van der Waals surface area contributed by atoms with Crippen LogP contribution in [0.4, 0.5) is 0 Å². The van der Waals surface area contributed by atoms with Crippen molar-refractivity contribution in [2.75, 3.05) is 5.88 Å². The minimum Gasteiger partial charge on any atom is -0.349 e. The van der Waals surface area contributed by atoms with Crippen molar-refractivity contribution >= 4 is 33.4 Å². The third-order valence-corrected chi connectivity index (χ3v) is 2.33. The fourth-order valence-electron chi connectivity index (χ4n) is 0.768. The number of hydrogen-bond donors (Lipinski definition) is 1. The van der Waals surface area contributed by atoms with Crippen LogP contribution < -0.4 is 5.32 Å². The average molecular weight is 268 g/mol. The highest BCUT2D eigenvalue weighted by molar-refractivity contribution is 9.10. The summed E-state index contributed by atoms with van der Waals surface area (Å²) in [6, 6.07) is 0. The minimum absolute atomic E-state index is 0.0388. The molecule has 5 nitrogen and oxygen atoms in total. The van der Waals surface area contributed by atoms with E-state index in [9.17, 15) is 4.79 Å². The van der Waals surface area contributed by atoms with Gasteiger partial charge in [0.05, 0.1) is 12.2 Å². The first-order valence-corrected chi connectivity index (χ1v) is 4.84. The molecule has 7 heteroatoms. The summed E-state index contributed by atoms with van der Waals surface area (Å²) in [6.07, 6.45) is 0. The van der Waals surface area contributed by atoms with E-state index in [0.717, 1.165) is 5.69 Å². The Morgan fingerprint density at radius 1 is 1.77 bits per heavy atom. The summed E-state index contributed by atoms with van der Waals surface area (Å²) in [4.78, 5) is 10.8. The lowest BCUT2D eigenvalue weighted by Crippen LogP contribution is -2.25. The van der Waals surface area contributed by atoms with Crippen LogP contribution in [0.15, 0.2) is 4.60 Å². The van der Waals surface area contributed by atoms with E-state index < -0.39 is 0 Å². The molecule has 0 bridgehead atoms. The molecule has 0 spiro atoms. The van der Waals surface area contributed by atoms with Crippen molar-refractivity contribution in [1.29, 1.82) is 0 Å². The number of carbonyl (C=O) groups is 1. The van der Waals surface area contributed by atoms with Gasteiger partial charge in [-0.2, -0.15) is 0 Å². The standard InChI is InChI=1S/C6H8BrClN4O/c1-12-4(6(7)10-11-12)3-9-5(13)2-8/h2-3H2,1H3,(H,9,13). The topological polar surface area (TPSA) is 59.8 Å². The number of aryl methyl sites for hydroxylation is 1. The molecule has 0 radical (unpaired) electrons. The number of halogens is 2. The first-order valence-electron chi connectivity index (χ1n) is 3.52. The molecule has 0 aliphatic carbocycles. The van der Waals surface area contributed by atoms with Gasteiger partial charge in [0.1, 0.15) is 5.88 Å². The lowest BCUT2D eigenvalue weighted by molar-refractivity contribution is -0.118. The molecule has 1 N–H and O–H groups in total. The van der Waals surface area contributed by atoms with E-state index in [0.29, 0.717) is 11.1 Å². The molecule has 13 heavy (non-hydrogen) atoms. The summed E-state index contributed by atoms with van der Waals surface area (Å²) in [5, 5.41) is 10.1. The van der Waals surface area contributed by atoms with Crippen molar-refractivity contribution < 1.29 is 4.79 Å². The normalized spacial score (nSPS) is 10.1. The smallest absolute Gasteiger partial charge is 0.235 e. The van der Waals surface area contributed by atoms with E-state index in [1.165, 1.54) is 0 Å². The minimum atomic E-state index is -0.213. The number of nitrogens with one attached hydrogen (secondary N) is 1. The van der Waals surface area contributed by atoms with Gasteiger partial charge in [0.15, 0.2) is 4.60 Å². The second-order valence-corrected chi connectivity index (χ2v) is 3.38. The third kappa shape index (κ3) is 2.67. The van der Waals surface area contributed by atoms with Gasteiger partial charge < -0.3 is 5.32 Å². The Morgan fingerprint density at radius 2 is 2.46 bits per heavy atom. The lowest BCUT2D eigenvalue weighted by atomic mass is 10.4. The van der Waals surface area contributed by atoms with E-state index >= 15 is 0 Å². The second-order valence-electron chi connectivity index (χ2n) is 2.36. The number of hydrogen-bond acceptors (Lipinski definition) is 3. The molecule has 0 fully saturated rings. The van der Waals surface area contributed by atoms with E-state index in [2.05, 4.69) is 31.6 Å². The fourth-order valence-corrected chi connectivity index (χ4v) is 1.33. The van der Waals surface area contributed by atoms with Crippen LogP contribution in [-0.4, -0.2) is 26.8 Å². The van der Waals surface area contributed by atoms with Crippen molar-refractivity contribution in [1.82, 2.24) is 20.3 Å². The van der Waals surface area contributed by atoms with E-state index in [1.807, 2.05) is 0 Å². The van der Waals surface area contributed by atoms with Crippen LogP contribution in [0.3, 0.4) is 0 Å². The van der Waals surface area contributed by atoms with Gasteiger partial charge in [0.2, 0.25) is 5.91 Å². The van der Waals surface area contributed by atoms with Crippen LogP contribution in [-0.2, 0) is 18.4 Å². The van der Waals surface area contributed by atoms with Crippen molar-refractivity contribution in [3.63, 3.8) is 0 Å². The van der Waals surface area contributed by atoms with Gasteiger partial charge in [-0.15, -0.1) is 16.7 Å². The van der Waals surface area contributed by atoms with E-state index in [4.69, 9.17) is 11.6 Å². The summed E-state index contributed by atoms with van der Waals surface area (Å²) < 4.78 is 2.21. The molecule has 0 unspecified atom stereocenters. The number of nitrogens with zero attached hydrogens (tertiary/aromatic N) is 3. The Bertz CT molecular complexity index is 294. The Hall–Kier alpha value is -0.620. The van der Waals surface area contributed by atoms with Crippen LogP contribution in [0.2, 0.25) is 0 Å². The highest BCUT2D eigenvalue weighted by atomic mass is 79.9. The monoisotopic (exact) mass is 266 g/mol. The quantitative estimate of drug-likeness (QED) is 0.808. The molecule has 0 atom stereocenters. The van der Waals surface area contributed by atoms with Crippen LogP contribution in [0, 0.1) is 0 Å². The summed E-state index contributed by atoms with van der Waals surface area (Å²) in [7, 11) is 1.75. The highest BCUT2D eigenvalue weighted by Crippen LogP contribution is 2.10. The predicted molar refractivity (Wildman–Crippen MR) is 51.3 cm³/mol. The first kappa shape index (κ1) is 10.5. The van der Waals surface area contributed by atoms with Crippen molar-refractivity contribution in [3.8, 4) is 0 Å². The summed E-state index contributed by atoms with van der Waals surface area (Å²) in [6.45, 7) is 0.371. The molecule has 0 aliphatic rings. The van der Waals surface area contributed by atoms with Crippen LogP contribution in [0.1, 0.15) is 5.69 Å². The summed E-state index contributed by atoms with van der Waals surface area (Å²) >= 11 is 8.52. The third-order valence-electron chi connectivity index (χ3n) is 1.47. The zero-order valence-electron chi connectivity index (χ0n) is 6.92. The predicted octanol–water partition coefficient (Wildman–Crippen LogP) is 0.433. The molecule has 1 aromatic rings. The SMILES string of the molecule is Cn1nnc(Br)c1CNC(=O)CCl. The van der Waals surface area contributed by atoms with E-state index in [-0.39, 0.29) is 11.8 Å². The van der Waals surface area contributed by atoms with Gasteiger partial charge in [0, 0.05) is 7.05 Å². The molecule has 72 valence electrons. The maximum absolute atomic E-state index is 10.8. The molecule has 1 aromatic heterocycles. The maximum Gasteiger partial charge on any atom is 0.235 e. The number of rotatable bonds is 3. The lowest BCUT2D eigenvalue weighted by Gasteiger charge is -2.02. The number of carbonyl (C=O) groups excluding carboxylic acids is 1. The molecule has 0 saturated carbocycles. The Balaban J connectivity index is 2.58. The van der Waals surface area contributed by atoms with Crippen LogP contribution in [0.5, 0.6) is 0 Å². The molecule has 0 aliphatic heterocycles. The van der Waals surface area contributed by atoms with Crippen LogP contribution >= 0.6 is 27.5 Å². The zero-order valence-corrected chi connectivity index (χ0v) is 9.26. The number of alkyl halides is 1. The van der Waals surface area contributed by atoms with Gasteiger partial charge in [-0.25, -0.2) is 4.68 Å². The molecule has 1 rings (SSSR count). The Kier molecular flexibility index (Phi) is 3.68. The van der Waals surface area contributed by atoms with Crippen molar-refractivity contribution in [2.45, 2.75) is 6.54 Å². The Morgan fingerprint density at radius 3 is 2.92 bits per heavy atom. The summed E-state index contributed by atoms with van der Waals surface area (Å²) in [5.74, 6) is -0.252. The van der Waals surface area contributed by atoms with Gasteiger partial charge in [-0.3, -0.25) is 4.79 Å². The number of aromatic nitrogens is 3. The zero-order chi connectivity index (χ0) is 9.84. The molecule has 1 heterocycles. The average Bonchev–Trinajstić information content (AvgIpc) is 2.43. The van der Waals surface area contributed by atoms with Gasteiger partial charge >= 0.3 is 0 Å². The van der Waals surface area contributed by atoms with Crippen molar-refractivity contribution in [2.24, 2.45) is 7.05 Å². The maximum atomic E-state index is 10.8. The number of amides is 1. The van der Waals surface area contributed by atoms with Gasteiger partial charge in [-0.05, 0) is 15.9 Å². The second kappa shape index (κ2) is 4.57. The Labute approximate surface area is 88.6 Å². The molecule has 0 aromatic carbocycles. The first-order chi connectivity index (χ1) is 6.15. The molecule has 0 saturated heterocycles.